The van der Waals surface area contributed by atoms with Gasteiger partial charge < -0.3 is 24.6 Å². The zero-order valence-electron chi connectivity index (χ0n) is 20.3. The Morgan fingerprint density at radius 2 is 2.00 bits per heavy atom. The number of hydrogen-bond donors (Lipinski definition) is 2. The minimum atomic E-state index is -0.589. The molecule has 2 atom stereocenters. The second-order valence-electron chi connectivity index (χ2n) is 9.20. The zero-order valence-corrected chi connectivity index (χ0v) is 21.1. The van der Waals surface area contributed by atoms with E-state index in [2.05, 4.69) is 10.2 Å². The number of hydrogen-bond acceptors (Lipinski definition) is 7. The summed E-state index contributed by atoms with van der Waals surface area (Å²) in [7, 11) is 1.48. The summed E-state index contributed by atoms with van der Waals surface area (Å²) < 4.78 is 20.0. The van der Waals surface area contributed by atoms with Crippen molar-refractivity contribution in [3.8, 4) is 17.2 Å². The fourth-order valence-electron chi connectivity index (χ4n) is 4.56. The summed E-state index contributed by atoms with van der Waals surface area (Å²) in [5.74, 6) is 0.546. The number of nitrogens with zero attached hydrogens (tertiary/aromatic N) is 3. The molecule has 0 radical (unpaired) electrons. The van der Waals surface area contributed by atoms with Gasteiger partial charge in [0.25, 0.3) is 5.91 Å². The molecule has 0 bridgehead atoms. The van der Waals surface area contributed by atoms with E-state index in [4.69, 9.17) is 25.8 Å². The number of carbonyl (C=O) groups is 1. The highest BCUT2D eigenvalue weighted by atomic mass is 35.5. The Bertz CT molecular complexity index is 1110. The first kappa shape index (κ1) is 25.4. The smallest absolute Gasteiger partial charge is 0.328 e. The van der Waals surface area contributed by atoms with Gasteiger partial charge in [0.15, 0.2) is 11.5 Å². The van der Waals surface area contributed by atoms with Crippen LogP contribution in [0.5, 0.6) is 17.2 Å². The normalized spacial score (nSPS) is 20.2. The van der Waals surface area contributed by atoms with Crippen LogP contribution < -0.4 is 25.2 Å². The average molecular weight is 509 g/mol. The monoisotopic (exact) mass is 508 g/mol. The Balaban J connectivity index is 1.31. The molecule has 1 fully saturated rings. The second kappa shape index (κ2) is 10.9. The maximum absolute atomic E-state index is 13.0. The molecular weight excluding hydrogens is 476 g/mol. The van der Waals surface area contributed by atoms with E-state index in [0.29, 0.717) is 56.6 Å². The fraction of sp³-hybridized carbons (Fsp3) is 0.583. The summed E-state index contributed by atoms with van der Waals surface area (Å²) in [6.45, 7) is 7.44. The van der Waals surface area contributed by atoms with E-state index < -0.39 is 6.10 Å². The van der Waals surface area contributed by atoms with Crippen molar-refractivity contribution in [3.63, 3.8) is 0 Å². The van der Waals surface area contributed by atoms with Crippen molar-refractivity contribution >= 4 is 17.5 Å². The van der Waals surface area contributed by atoms with E-state index in [1.54, 1.807) is 21.5 Å². The van der Waals surface area contributed by atoms with Gasteiger partial charge in [0, 0.05) is 50.5 Å². The van der Waals surface area contributed by atoms with E-state index in [0.717, 1.165) is 13.0 Å². The van der Waals surface area contributed by atoms with Crippen molar-refractivity contribution in [1.82, 2.24) is 19.4 Å². The van der Waals surface area contributed by atoms with E-state index in [1.165, 1.54) is 13.2 Å². The highest BCUT2D eigenvalue weighted by Crippen LogP contribution is 2.46. The third-order valence-corrected chi connectivity index (χ3v) is 6.87. The molecule has 11 heteroatoms. The Morgan fingerprint density at radius 3 is 2.66 bits per heavy atom. The molecule has 2 N–H and O–H groups in total. The van der Waals surface area contributed by atoms with Crippen LogP contribution in [0, 0.1) is 5.92 Å². The number of aromatic nitrogens is 2. The van der Waals surface area contributed by atoms with Gasteiger partial charge in [-0.2, -0.15) is 0 Å². The van der Waals surface area contributed by atoms with Gasteiger partial charge in [0.1, 0.15) is 13.2 Å². The van der Waals surface area contributed by atoms with E-state index in [1.807, 2.05) is 13.8 Å². The highest BCUT2D eigenvalue weighted by molar-refractivity contribution is 6.33. The first-order valence-corrected chi connectivity index (χ1v) is 12.3. The fourth-order valence-corrected chi connectivity index (χ4v) is 4.83. The summed E-state index contributed by atoms with van der Waals surface area (Å²) in [5, 5.41) is 13.9. The van der Waals surface area contributed by atoms with Crippen molar-refractivity contribution in [2.24, 2.45) is 5.92 Å². The molecule has 1 aromatic heterocycles. The highest BCUT2D eigenvalue weighted by Gasteiger charge is 2.30. The molecule has 2 aliphatic heterocycles. The molecule has 2 aromatic rings. The lowest BCUT2D eigenvalue weighted by atomic mass is 9.93. The van der Waals surface area contributed by atoms with Gasteiger partial charge in [-0.3, -0.25) is 18.8 Å². The standard InChI is InChI=1S/C24H33ClN4O6/c1-15(2)29-9-8-28(24(29)32)7-6-27-5-4-16(19(30)14-27)13-26-23(31)17-12-18(25)21(33-3)22-20(17)34-10-11-35-22/h8-9,12,15-16,19,30H,4-7,10-11,13-14H2,1-3H3,(H,26,31)/t16-,19?/m0/s1. The molecule has 0 saturated carbocycles. The third kappa shape index (κ3) is 5.44. The van der Waals surface area contributed by atoms with Crippen LogP contribution in [0.25, 0.3) is 0 Å². The SMILES string of the molecule is COc1c(Cl)cc(C(=O)NC[C@@H]2CCN(CCn3ccn(C(C)C)c3=O)CC2O)c2c1OCCO2. The molecule has 4 rings (SSSR count). The van der Waals surface area contributed by atoms with Crippen molar-refractivity contribution < 1.29 is 24.1 Å². The minimum absolute atomic E-state index is 0.0200. The van der Waals surface area contributed by atoms with Crippen LogP contribution in [-0.2, 0) is 6.54 Å². The summed E-state index contributed by atoms with van der Waals surface area (Å²) in [6, 6.07) is 1.63. The average Bonchev–Trinajstić information content (AvgIpc) is 3.22. The molecular formula is C24H33ClN4O6. The van der Waals surface area contributed by atoms with Crippen molar-refractivity contribution in [2.45, 2.75) is 39.0 Å². The number of imidazole rings is 1. The van der Waals surface area contributed by atoms with Crippen molar-refractivity contribution in [2.75, 3.05) is 46.5 Å². The second-order valence-corrected chi connectivity index (χ2v) is 9.60. The third-order valence-electron chi connectivity index (χ3n) is 6.59. The number of likely N-dealkylation sites (tertiary alicyclic amines) is 1. The zero-order chi connectivity index (χ0) is 25.1. The van der Waals surface area contributed by atoms with Gasteiger partial charge in [-0.05, 0) is 32.9 Å². The van der Waals surface area contributed by atoms with Crippen LogP contribution in [0.3, 0.4) is 0 Å². The van der Waals surface area contributed by atoms with Crippen LogP contribution in [0.15, 0.2) is 23.3 Å². The van der Waals surface area contributed by atoms with E-state index >= 15 is 0 Å². The molecule has 1 unspecified atom stereocenters. The Labute approximate surface area is 209 Å². The van der Waals surface area contributed by atoms with Crippen molar-refractivity contribution in [3.05, 3.63) is 39.5 Å². The molecule has 1 saturated heterocycles. The first-order chi connectivity index (χ1) is 16.8. The molecule has 0 spiro atoms. The van der Waals surface area contributed by atoms with Crippen molar-refractivity contribution in [1.29, 1.82) is 0 Å². The number of rotatable bonds is 8. The molecule has 1 amide bonds. The number of fused-ring (bicyclic) bond motifs is 1. The molecule has 35 heavy (non-hydrogen) atoms. The number of β-amino-alcohol motifs (C(OH)–C–C–N with tert-alkyl or cyclic N) is 1. The lowest BCUT2D eigenvalue weighted by Gasteiger charge is -2.36. The number of aliphatic hydroxyl groups excluding tert-OH is 1. The maximum atomic E-state index is 13.0. The van der Waals surface area contributed by atoms with Gasteiger partial charge in [-0.25, -0.2) is 4.79 Å². The summed E-state index contributed by atoms with van der Waals surface area (Å²) in [4.78, 5) is 27.5. The lowest BCUT2D eigenvalue weighted by molar-refractivity contribution is 0.0208. The number of nitrogens with one attached hydrogen (secondary N) is 1. The topological polar surface area (TPSA) is 107 Å². The number of piperidine rings is 1. The number of halogens is 1. The van der Waals surface area contributed by atoms with Crippen LogP contribution in [0.2, 0.25) is 5.02 Å². The number of carbonyl (C=O) groups excluding carboxylic acids is 1. The molecule has 3 heterocycles. The van der Waals surface area contributed by atoms with Gasteiger partial charge in [0.05, 0.1) is 23.8 Å². The van der Waals surface area contributed by atoms with E-state index in [-0.39, 0.29) is 34.1 Å². The molecule has 0 aliphatic carbocycles. The largest absolute Gasteiger partial charge is 0.491 e. The summed E-state index contributed by atoms with van der Waals surface area (Å²) in [6.07, 6.45) is 3.75. The summed E-state index contributed by atoms with van der Waals surface area (Å²) >= 11 is 6.29. The number of amides is 1. The predicted molar refractivity (Wildman–Crippen MR) is 131 cm³/mol. The number of methoxy groups -OCH3 is 1. The number of aliphatic hydroxyl groups is 1. The van der Waals surface area contributed by atoms with Gasteiger partial charge in [0.2, 0.25) is 5.75 Å². The lowest BCUT2D eigenvalue weighted by Crippen LogP contribution is -2.48. The maximum Gasteiger partial charge on any atom is 0.328 e. The van der Waals surface area contributed by atoms with Crippen LogP contribution in [-0.4, -0.2) is 77.7 Å². The summed E-state index contributed by atoms with van der Waals surface area (Å²) in [5.41, 5.74) is 0.254. The first-order valence-electron chi connectivity index (χ1n) is 11.9. The van der Waals surface area contributed by atoms with E-state index in [9.17, 15) is 14.7 Å². The van der Waals surface area contributed by atoms with Crippen LogP contribution in [0.4, 0.5) is 0 Å². The molecule has 10 nitrogen and oxygen atoms in total. The molecule has 192 valence electrons. The van der Waals surface area contributed by atoms with Gasteiger partial charge in [-0.1, -0.05) is 11.6 Å². The number of benzene rings is 1. The quantitative estimate of drug-likeness (QED) is 0.559. The molecule has 1 aromatic carbocycles. The molecule has 2 aliphatic rings. The Hall–Kier alpha value is -2.69. The van der Waals surface area contributed by atoms with Gasteiger partial charge in [-0.15, -0.1) is 0 Å². The predicted octanol–water partition coefficient (Wildman–Crippen LogP) is 1.78. The minimum Gasteiger partial charge on any atom is -0.491 e. The number of ether oxygens (including phenoxy) is 3. The Morgan fingerprint density at radius 1 is 1.26 bits per heavy atom. The van der Waals surface area contributed by atoms with Crippen LogP contribution >= 0.6 is 11.6 Å². The van der Waals surface area contributed by atoms with Gasteiger partial charge >= 0.3 is 5.69 Å². The Kier molecular flexibility index (Phi) is 7.93. The van der Waals surface area contributed by atoms with Crippen LogP contribution in [0.1, 0.15) is 36.7 Å².